The fourth-order valence-corrected chi connectivity index (χ4v) is 1.80. The van der Waals surface area contributed by atoms with Gasteiger partial charge in [-0.3, -0.25) is 9.69 Å². The number of carboxylic acid groups (broad SMARTS) is 1. The Morgan fingerprint density at radius 1 is 1.40 bits per heavy atom. The van der Waals surface area contributed by atoms with Gasteiger partial charge in [-0.2, -0.15) is 0 Å². The monoisotopic (exact) mass is 205 g/mol. The second-order valence-electron chi connectivity index (χ2n) is 4.00. The fourth-order valence-electron chi connectivity index (χ4n) is 1.80. The van der Waals surface area contributed by atoms with Crippen LogP contribution in [-0.2, 0) is 11.3 Å². The average molecular weight is 205 g/mol. The number of carbonyl (C=O) groups is 1. The Balaban J connectivity index is 1.73. The van der Waals surface area contributed by atoms with Crippen molar-refractivity contribution in [3.63, 3.8) is 0 Å². The Morgan fingerprint density at radius 3 is 2.80 bits per heavy atom. The molecule has 1 aromatic carbocycles. The quantitative estimate of drug-likeness (QED) is 0.744. The van der Waals surface area contributed by atoms with E-state index in [-0.39, 0.29) is 6.42 Å². The van der Waals surface area contributed by atoms with Crippen molar-refractivity contribution in [2.75, 3.05) is 6.54 Å². The maximum absolute atomic E-state index is 10.4. The maximum atomic E-state index is 10.4. The molecule has 1 aliphatic heterocycles. The predicted molar refractivity (Wildman–Crippen MR) is 57.5 cm³/mol. The third kappa shape index (κ3) is 3.06. The van der Waals surface area contributed by atoms with Gasteiger partial charge >= 0.3 is 5.97 Å². The smallest absolute Gasteiger partial charge is 0.303 e. The van der Waals surface area contributed by atoms with E-state index in [0.29, 0.717) is 6.04 Å². The molecular weight excluding hydrogens is 190 g/mol. The number of aliphatic carboxylic acids is 1. The number of carboxylic acids is 1. The summed E-state index contributed by atoms with van der Waals surface area (Å²) in [6.07, 6.45) is 1.07. The lowest BCUT2D eigenvalue weighted by molar-refractivity contribution is -0.137. The fraction of sp³-hybridized carbons (Fsp3) is 0.417. The van der Waals surface area contributed by atoms with Gasteiger partial charge in [0.2, 0.25) is 0 Å². The van der Waals surface area contributed by atoms with Crippen LogP contribution in [0.1, 0.15) is 18.4 Å². The van der Waals surface area contributed by atoms with Gasteiger partial charge in [0.25, 0.3) is 0 Å². The van der Waals surface area contributed by atoms with Gasteiger partial charge in [0.05, 0.1) is 0 Å². The summed E-state index contributed by atoms with van der Waals surface area (Å²) in [5.41, 5.74) is 1.30. The molecule has 0 saturated carbocycles. The van der Waals surface area contributed by atoms with Gasteiger partial charge in [0.1, 0.15) is 0 Å². The number of benzene rings is 1. The topological polar surface area (TPSA) is 40.3 Å². The minimum atomic E-state index is -0.693. The molecular formula is C12H15NO2. The lowest BCUT2D eigenvalue weighted by atomic mass is 10.2. The van der Waals surface area contributed by atoms with Crippen LogP contribution in [-0.4, -0.2) is 28.6 Å². The Labute approximate surface area is 89.3 Å². The van der Waals surface area contributed by atoms with E-state index in [1.165, 1.54) is 5.56 Å². The summed E-state index contributed by atoms with van der Waals surface area (Å²) in [6, 6.07) is 10.8. The molecule has 1 aromatic rings. The van der Waals surface area contributed by atoms with Gasteiger partial charge in [-0.1, -0.05) is 30.3 Å². The zero-order chi connectivity index (χ0) is 10.7. The molecule has 1 heterocycles. The second kappa shape index (κ2) is 4.45. The highest BCUT2D eigenvalue weighted by molar-refractivity contribution is 5.66. The van der Waals surface area contributed by atoms with E-state index in [2.05, 4.69) is 17.0 Å². The van der Waals surface area contributed by atoms with Crippen molar-refractivity contribution < 1.29 is 9.90 Å². The van der Waals surface area contributed by atoms with Crippen LogP contribution >= 0.6 is 0 Å². The van der Waals surface area contributed by atoms with E-state index >= 15 is 0 Å². The van der Waals surface area contributed by atoms with Crippen LogP contribution in [0, 0.1) is 0 Å². The number of hydrogen-bond donors (Lipinski definition) is 1. The van der Waals surface area contributed by atoms with Crippen LogP contribution in [0.15, 0.2) is 30.3 Å². The van der Waals surface area contributed by atoms with Crippen molar-refractivity contribution in [3.8, 4) is 0 Å². The van der Waals surface area contributed by atoms with Gasteiger partial charge in [0, 0.05) is 25.6 Å². The first kappa shape index (κ1) is 10.2. The van der Waals surface area contributed by atoms with Gasteiger partial charge in [0.15, 0.2) is 0 Å². The van der Waals surface area contributed by atoms with Crippen molar-refractivity contribution in [1.29, 1.82) is 0 Å². The van der Waals surface area contributed by atoms with Crippen LogP contribution < -0.4 is 0 Å². The molecule has 0 amide bonds. The van der Waals surface area contributed by atoms with Crippen molar-refractivity contribution >= 4 is 5.97 Å². The molecule has 2 unspecified atom stereocenters. The summed E-state index contributed by atoms with van der Waals surface area (Å²) in [6.45, 7) is 1.99. The van der Waals surface area contributed by atoms with Crippen molar-refractivity contribution in [2.45, 2.75) is 25.4 Å². The van der Waals surface area contributed by atoms with E-state index in [1.54, 1.807) is 0 Å². The van der Waals surface area contributed by atoms with Crippen LogP contribution in [0.4, 0.5) is 0 Å². The molecule has 0 bridgehead atoms. The van der Waals surface area contributed by atoms with Gasteiger partial charge in [-0.15, -0.1) is 0 Å². The molecule has 2 rings (SSSR count). The standard InChI is InChI=1S/C12H15NO2/c14-12(15)7-6-11-9-13(11)8-10-4-2-1-3-5-10/h1-5,11H,6-9H2,(H,14,15). The molecule has 15 heavy (non-hydrogen) atoms. The summed E-state index contributed by atoms with van der Waals surface area (Å²) < 4.78 is 0. The van der Waals surface area contributed by atoms with Crippen LogP contribution in [0.3, 0.4) is 0 Å². The van der Waals surface area contributed by atoms with Crippen molar-refractivity contribution in [2.24, 2.45) is 0 Å². The van der Waals surface area contributed by atoms with E-state index in [1.807, 2.05) is 18.2 Å². The zero-order valence-electron chi connectivity index (χ0n) is 8.60. The summed E-state index contributed by atoms with van der Waals surface area (Å²) in [5.74, 6) is -0.693. The predicted octanol–water partition coefficient (Wildman–Crippen LogP) is 1.74. The van der Waals surface area contributed by atoms with Crippen LogP contribution in [0.5, 0.6) is 0 Å². The SMILES string of the molecule is O=C(O)CCC1CN1Cc1ccccc1. The first-order valence-electron chi connectivity index (χ1n) is 5.25. The van der Waals surface area contributed by atoms with Gasteiger partial charge in [-0.05, 0) is 12.0 Å². The Bertz CT molecular complexity index is 337. The molecule has 1 fully saturated rings. The highest BCUT2D eigenvalue weighted by Gasteiger charge is 2.33. The summed E-state index contributed by atoms with van der Waals surface area (Å²) in [5, 5.41) is 8.55. The minimum absolute atomic E-state index is 0.288. The number of rotatable bonds is 5. The lowest BCUT2D eigenvalue weighted by Gasteiger charge is -2.02. The summed E-state index contributed by atoms with van der Waals surface area (Å²) >= 11 is 0. The summed E-state index contributed by atoms with van der Waals surface area (Å²) in [7, 11) is 0. The second-order valence-corrected chi connectivity index (χ2v) is 4.00. The highest BCUT2D eigenvalue weighted by atomic mass is 16.4. The minimum Gasteiger partial charge on any atom is -0.481 e. The molecule has 0 radical (unpaired) electrons. The van der Waals surface area contributed by atoms with Crippen LogP contribution in [0.25, 0.3) is 0 Å². The summed E-state index contributed by atoms with van der Waals surface area (Å²) in [4.78, 5) is 12.7. The van der Waals surface area contributed by atoms with Crippen LogP contribution in [0.2, 0.25) is 0 Å². The first-order chi connectivity index (χ1) is 7.25. The molecule has 0 spiro atoms. The van der Waals surface area contributed by atoms with Gasteiger partial charge in [-0.25, -0.2) is 0 Å². The maximum Gasteiger partial charge on any atom is 0.303 e. The van der Waals surface area contributed by atoms with Crippen molar-refractivity contribution in [3.05, 3.63) is 35.9 Å². The molecule has 0 aliphatic carbocycles. The normalized spacial score (nSPS) is 23.7. The molecule has 1 saturated heterocycles. The lowest BCUT2D eigenvalue weighted by Crippen LogP contribution is -2.04. The van der Waals surface area contributed by atoms with E-state index in [4.69, 9.17) is 5.11 Å². The third-order valence-electron chi connectivity index (χ3n) is 2.75. The molecule has 3 heteroatoms. The Morgan fingerprint density at radius 2 is 2.13 bits per heavy atom. The Kier molecular flexibility index (Phi) is 3.02. The number of nitrogens with zero attached hydrogens (tertiary/aromatic N) is 1. The molecule has 2 atom stereocenters. The third-order valence-corrected chi connectivity index (χ3v) is 2.75. The zero-order valence-corrected chi connectivity index (χ0v) is 8.60. The van der Waals surface area contributed by atoms with Gasteiger partial charge < -0.3 is 5.11 Å². The molecule has 3 nitrogen and oxygen atoms in total. The van der Waals surface area contributed by atoms with E-state index in [0.717, 1.165) is 19.5 Å². The van der Waals surface area contributed by atoms with E-state index in [9.17, 15) is 4.79 Å². The number of hydrogen-bond acceptors (Lipinski definition) is 2. The Hall–Kier alpha value is -1.35. The first-order valence-corrected chi connectivity index (χ1v) is 5.25. The molecule has 80 valence electrons. The molecule has 1 aliphatic rings. The van der Waals surface area contributed by atoms with Crippen molar-refractivity contribution in [1.82, 2.24) is 4.90 Å². The largest absolute Gasteiger partial charge is 0.481 e. The van der Waals surface area contributed by atoms with E-state index < -0.39 is 5.97 Å². The average Bonchev–Trinajstić information content (AvgIpc) is 2.95. The molecule has 1 N–H and O–H groups in total. The highest BCUT2D eigenvalue weighted by Crippen LogP contribution is 2.24. The molecule has 0 aromatic heterocycles.